The number of carbonyl (C=O) groups excluding carboxylic acids is 1. The molecule has 0 unspecified atom stereocenters. The van der Waals surface area contributed by atoms with Gasteiger partial charge in [-0.25, -0.2) is 0 Å². The molecule has 3 rings (SSSR count). The van der Waals surface area contributed by atoms with Gasteiger partial charge >= 0.3 is 0 Å². The van der Waals surface area contributed by atoms with E-state index in [9.17, 15) is 4.79 Å². The van der Waals surface area contributed by atoms with Crippen molar-refractivity contribution in [2.45, 2.75) is 12.8 Å². The first-order chi connectivity index (χ1) is 13.8. The number of amides is 1. The summed E-state index contributed by atoms with van der Waals surface area (Å²) >= 11 is 0. The maximum absolute atomic E-state index is 12.4. The molecule has 1 heterocycles. The number of nitrogens with one attached hydrogen (secondary N) is 2. The van der Waals surface area contributed by atoms with E-state index in [2.05, 4.69) is 21.6 Å². The molecule has 1 aliphatic rings. The van der Waals surface area contributed by atoms with Crippen LogP contribution >= 0.6 is 0 Å². The first-order valence-corrected chi connectivity index (χ1v) is 9.81. The summed E-state index contributed by atoms with van der Waals surface area (Å²) in [4.78, 5) is 14.6. The van der Waals surface area contributed by atoms with Crippen molar-refractivity contribution in [2.24, 2.45) is 0 Å². The van der Waals surface area contributed by atoms with Crippen LogP contribution in [0, 0.1) is 0 Å². The Morgan fingerprint density at radius 3 is 2.75 bits per heavy atom. The maximum atomic E-state index is 12.4. The van der Waals surface area contributed by atoms with Crippen LogP contribution in [0.15, 0.2) is 48.5 Å². The lowest BCUT2D eigenvalue weighted by atomic mass is 10.1. The number of hydrogen-bond donors (Lipinski definition) is 2. The van der Waals surface area contributed by atoms with Crippen LogP contribution in [-0.4, -0.2) is 52.4 Å². The monoisotopic (exact) mass is 383 g/mol. The SMILES string of the molecule is COc1cccc(CCNCCC(=O)Nc2ccccc2N2CCOCC2)c1. The van der Waals surface area contributed by atoms with Crippen molar-refractivity contribution in [1.82, 2.24) is 5.32 Å². The molecule has 150 valence electrons. The van der Waals surface area contributed by atoms with E-state index in [0.29, 0.717) is 13.0 Å². The summed E-state index contributed by atoms with van der Waals surface area (Å²) in [6.07, 6.45) is 1.34. The van der Waals surface area contributed by atoms with E-state index in [0.717, 1.165) is 56.4 Å². The Balaban J connectivity index is 1.41. The van der Waals surface area contributed by atoms with Gasteiger partial charge in [-0.05, 0) is 42.8 Å². The highest BCUT2D eigenvalue weighted by molar-refractivity contribution is 5.94. The number of methoxy groups -OCH3 is 1. The van der Waals surface area contributed by atoms with Gasteiger partial charge in [0.05, 0.1) is 31.7 Å². The highest BCUT2D eigenvalue weighted by Crippen LogP contribution is 2.26. The van der Waals surface area contributed by atoms with E-state index < -0.39 is 0 Å². The lowest BCUT2D eigenvalue weighted by Crippen LogP contribution is -2.36. The van der Waals surface area contributed by atoms with Crippen LogP contribution in [0.1, 0.15) is 12.0 Å². The average Bonchev–Trinajstić information content (AvgIpc) is 2.74. The number of nitrogens with zero attached hydrogens (tertiary/aromatic N) is 1. The molecule has 1 aliphatic heterocycles. The standard InChI is InChI=1S/C22H29N3O3/c1-27-19-6-4-5-18(17-19)9-11-23-12-10-22(26)24-20-7-2-3-8-21(20)25-13-15-28-16-14-25/h2-8,17,23H,9-16H2,1H3,(H,24,26). The number of rotatable bonds is 9. The lowest BCUT2D eigenvalue weighted by Gasteiger charge is -2.30. The molecule has 1 amide bonds. The highest BCUT2D eigenvalue weighted by Gasteiger charge is 2.15. The quantitative estimate of drug-likeness (QED) is 0.652. The van der Waals surface area contributed by atoms with Crippen molar-refractivity contribution in [3.63, 3.8) is 0 Å². The minimum atomic E-state index is 0.0228. The molecule has 2 aromatic rings. The third kappa shape index (κ3) is 5.97. The van der Waals surface area contributed by atoms with Gasteiger partial charge in [0.25, 0.3) is 0 Å². The van der Waals surface area contributed by atoms with Crippen molar-refractivity contribution in [3.8, 4) is 5.75 Å². The van der Waals surface area contributed by atoms with E-state index in [4.69, 9.17) is 9.47 Å². The summed E-state index contributed by atoms with van der Waals surface area (Å²) in [5.41, 5.74) is 3.15. The Labute approximate surface area is 166 Å². The predicted octanol–water partition coefficient (Wildman–Crippen LogP) is 2.69. The lowest BCUT2D eigenvalue weighted by molar-refractivity contribution is -0.116. The third-order valence-corrected chi connectivity index (χ3v) is 4.78. The van der Waals surface area contributed by atoms with Gasteiger partial charge in [0.15, 0.2) is 0 Å². The highest BCUT2D eigenvalue weighted by atomic mass is 16.5. The van der Waals surface area contributed by atoms with E-state index in [1.807, 2.05) is 42.5 Å². The molecule has 28 heavy (non-hydrogen) atoms. The Kier molecular flexibility index (Phi) is 7.70. The first kappa shape index (κ1) is 20.2. The molecule has 0 radical (unpaired) electrons. The minimum Gasteiger partial charge on any atom is -0.497 e. The zero-order valence-corrected chi connectivity index (χ0v) is 16.4. The number of morpholine rings is 1. The van der Waals surface area contributed by atoms with Crippen LogP contribution in [0.3, 0.4) is 0 Å². The Morgan fingerprint density at radius 2 is 1.93 bits per heavy atom. The molecule has 6 heteroatoms. The molecule has 1 saturated heterocycles. The molecule has 1 fully saturated rings. The van der Waals surface area contributed by atoms with Crippen LogP contribution in [-0.2, 0) is 16.0 Å². The molecule has 0 aromatic heterocycles. The zero-order chi connectivity index (χ0) is 19.6. The number of para-hydroxylation sites is 2. The fourth-order valence-electron chi connectivity index (χ4n) is 3.26. The molecule has 6 nitrogen and oxygen atoms in total. The van der Waals surface area contributed by atoms with Crippen LogP contribution in [0.5, 0.6) is 5.75 Å². The minimum absolute atomic E-state index is 0.0228. The summed E-state index contributed by atoms with van der Waals surface area (Å²) in [5.74, 6) is 0.894. The van der Waals surface area contributed by atoms with Crippen LogP contribution in [0.25, 0.3) is 0 Å². The molecule has 2 aromatic carbocycles. The van der Waals surface area contributed by atoms with Gasteiger partial charge in [0.1, 0.15) is 5.75 Å². The van der Waals surface area contributed by atoms with Crippen LogP contribution in [0.4, 0.5) is 11.4 Å². The Bertz CT molecular complexity index is 760. The summed E-state index contributed by atoms with van der Waals surface area (Å²) in [7, 11) is 1.67. The van der Waals surface area contributed by atoms with Crippen molar-refractivity contribution in [3.05, 3.63) is 54.1 Å². The van der Waals surface area contributed by atoms with Crippen molar-refractivity contribution >= 4 is 17.3 Å². The smallest absolute Gasteiger partial charge is 0.225 e. The van der Waals surface area contributed by atoms with Crippen molar-refractivity contribution in [1.29, 1.82) is 0 Å². The van der Waals surface area contributed by atoms with Crippen molar-refractivity contribution in [2.75, 3.05) is 56.7 Å². The van der Waals surface area contributed by atoms with Crippen LogP contribution < -0.4 is 20.3 Å². The topological polar surface area (TPSA) is 62.8 Å². The molecule has 0 spiro atoms. The van der Waals surface area contributed by atoms with Gasteiger partial charge in [0.2, 0.25) is 5.91 Å². The van der Waals surface area contributed by atoms with Gasteiger partial charge in [-0.15, -0.1) is 0 Å². The second-order valence-electron chi connectivity index (χ2n) is 6.77. The summed E-state index contributed by atoms with van der Waals surface area (Å²) in [5, 5.41) is 6.39. The molecule has 2 N–H and O–H groups in total. The summed E-state index contributed by atoms with van der Waals surface area (Å²) < 4.78 is 10.7. The van der Waals surface area contributed by atoms with Gasteiger partial charge in [-0.1, -0.05) is 24.3 Å². The molecule has 0 saturated carbocycles. The number of ether oxygens (including phenoxy) is 2. The second-order valence-corrected chi connectivity index (χ2v) is 6.77. The first-order valence-electron chi connectivity index (χ1n) is 9.81. The van der Waals surface area contributed by atoms with Gasteiger partial charge < -0.3 is 25.0 Å². The number of carbonyl (C=O) groups is 1. The van der Waals surface area contributed by atoms with Gasteiger partial charge in [-0.3, -0.25) is 4.79 Å². The fourth-order valence-corrected chi connectivity index (χ4v) is 3.26. The fraction of sp³-hybridized carbons (Fsp3) is 0.409. The molecular formula is C22H29N3O3. The van der Waals surface area contributed by atoms with E-state index in [1.165, 1.54) is 5.56 Å². The largest absolute Gasteiger partial charge is 0.497 e. The second kappa shape index (κ2) is 10.7. The zero-order valence-electron chi connectivity index (χ0n) is 16.4. The van der Waals surface area contributed by atoms with E-state index in [1.54, 1.807) is 7.11 Å². The van der Waals surface area contributed by atoms with Crippen LogP contribution in [0.2, 0.25) is 0 Å². The normalized spacial score (nSPS) is 14.0. The number of anilines is 2. The van der Waals surface area contributed by atoms with E-state index >= 15 is 0 Å². The number of benzene rings is 2. The summed E-state index contributed by atoms with van der Waals surface area (Å²) in [6, 6.07) is 16.0. The molecule has 0 aliphatic carbocycles. The van der Waals surface area contributed by atoms with E-state index in [-0.39, 0.29) is 5.91 Å². The molecular weight excluding hydrogens is 354 g/mol. The maximum Gasteiger partial charge on any atom is 0.225 e. The Morgan fingerprint density at radius 1 is 1.11 bits per heavy atom. The van der Waals surface area contributed by atoms with Gasteiger partial charge in [0, 0.05) is 26.1 Å². The third-order valence-electron chi connectivity index (χ3n) is 4.78. The van der Waals surface area contributed by atoms with Gasteiger partial charge in [-0.2, -0.15) is 0 Å². The molecule has 0 atom stereocenters. The van der Waals surface area contributed by atoms with Crippen molar-refractivity contribution < 1.29 is 14.3 Å². The number of hydrogen-bond acceptors (Lipinski definition) is 5. The summed E-state index contributed by atoms with van der Waals surface area (Å²) in [6.45, 7) is 4.61. The predicted molar refractivity (Wildman–Crippen MR) is 112 cm³/mol. The Hall–Kier alpha value is -2.57. The molecule has 0 bridgehead atoms. The average molecular weight is 383 g/mol.